The minimum atomic E-state index is -0.987. The van der Waals surface area contributed by atoms with Crippen molar-refractivity contribution in [2.24, 2.45) is 0 Å². The predicted molar refractivity (Wildman–Crippen MR) is 84.0 cm³/mol. The monoisotopic (exact) mass is 313 g/mol. The maximum Gasteiger partial charge on any atom is 0.335 e. The quantitative estimate of drug-likeness (QED) is 0.752. The van der Waals surface area contributed by atoms with E-state index < -0.39 is 5.97 Å². The normalized spacial score (nSPS) is 18.0. The molecule has 0 bridgehead atoms. The molecule has 118 valence electrons. The van der Waals surface area contributed by atoms with Crippen LogP contribution < -0.4 is 5.56 Å². The smallest absolute Gasteiger partial charge is 0.335 e. The van der Waals surface area contributed by atoms with Crippen molar-refractivity contribution < 1.29 is 14.6 Å². The molecule has 1 aromatic carbocycles. The topological polar surface area (TPSA) is 97.2 Å². The molecular weight excluding hydrogens is 298 g/mol. The van der Waals surface area contributed by atoms with Crippen molar-refractivity contribution in [3.05, 3.63) is 39.8 Å². The van der Waals surface area contributed by atoms with Crippen molar-refractivity contribution in [1.82, 2.24) is 14.8 Å². The minimum Gasteiger partial charge on any atom is -0.478 e. The lowest BCUT2D eigenvalue weighted by molar-refractivity contribution is 0.0696. The number of fused-ring (bicyclic) bond motifs is 3. The van der Waals surface area contributed by atoms with E-state index in [4.69, 9.17) is 4.74 Å². The molecule has 1 aliphatic rings. The van der Waals surface area contributed by atoms with Crippen molar-refractivity contribution in [1.29, 1.82) is 0 Å². The number of hydrogen-bond acceptors (Lipinski definition) is 4. The summed E-state index contributed by atoms with van der Waals surface area (Å²) in [5, 5.41) is 14.9. The van der Waals surface area contributed by atoms with Crippen LogP contribution in [0.2, 0.25) is 0 Å². The van der Waals surface area contributed by atoms with E-state index in [0.29, 0.717) is 40.6 Å². The minimum absolute atomic E-state index is 0.0621. The standard InChI is InChI=1S/C16H15N3O4/c1-8-4-13-11(5-10(8)16(21)22)14-12(15(20)18-13)6-17-19(14)9-2-3-23-7-9/h4-6,9H,2-3,7H2,1H3,(H,18,20)(H,21,22). The average molecular weight is 313 g/mol. The summed E-state index contributed by atoms with van der Waals surface area (Å²) >= 11 is 0. The fourth-order valence-electron chi connectivity index (χ4n) is 3.22. The van der Waals surface area contributed by atoms with Crippen LogP contribution in [-0.2, 0) is 4.74 Å². The highest BCUT2D eigenvalue weighted by atomic mass is 16.5. The zero-order valence-corrected chi connectivity index (χ0v) is 12.5. The number of H-pyrrole nitrogens is 1. The molecule has 1 aliphatic heterocycles. The molecule has 1 saturated heterocycles. The largest absolute Gasteiger partial charge is 0.478 e. The number of aromatic amines is 1. The van der Waals surface area contributed by atoms with E-state index in [2.05, 4.69) is 10.1 Å². The second-order valence-electron chi connectivity index (χ2n) is 5.84. The van der Waals surface area contributed by atoms with Gasteiger partial charge < -0.3 is 14.8 Å². The van der Waals surface area contributed by atoms with Gasteiger partial charge in [0.1, 0.15) is 0 Å². The predicted octanol–water partition coefficient (Wildman–Crippen LogP) is 1.85. The van der Waals surface area contributed by atoms with Gasteiger partial charge in [0, 0.05) is 12.0 Å². The van der Waals surface area contributed by atoms with Gasteiger partial charge in [-0.25, -0.2) is 4.79 Å². The Morgan fingerprint density at radius 1 is 1.43 bits per heavy atom. The molecule has 4 rings (SSSR count). The van der Waals surface area contributed by atoms with Crippen LogP contribution >= 0.6 is 0 Å². The van der Waals surface area contributed by atoms with Crippen LogP contribution in [0.25, 0.3) is 21.8 Å². The number of aromatic carboxylic acids is 1. The Morgan fingerprint density at radius 3 is 2.96 bits per heavy atom. The molecule has 3 heterocycles. The molecule has 1 fully saturated rings. The van der Waals surface area contributed by atoms with Gasteiger partial charge >= 0.3 is 5.97 Å². The van der Waals surface area contributed by atoms with E-state index in [1.54, 1.807) is 23.7 Å². The number of carboxylic acid groups (broad SMARTS) is 1. The van der Waals surface area contributed by atoms with Crippen LogP contribution in [0.1, 0.15) is 28.4 Å². The molecule has 2 aromatic heterocycles. The zero-order valence-electron chi connectivity index (χ0n) is 12.5. The third kappa shape index (κ3) is 2.04. The summed E-state index contributed by atoms with van der Waals surface area (Å²) in [6.07, 6.45) is 2.36. The summed E-state index contributed by atoms with van der Waals surface area (Å²) in [6.45, 7) is 2.92. The number of rotatable bonds is 2. The van der Waals surface area contributed by atoms with Crippen LogP contribution in [0.4, 0.5) is 0 Å². The summed E-state index contributed by atoms with van der Waals surface area (Å²) in [4.78, 5) is 26.5. The van der Waals surface area contributed by atoms with E-state index in [9.17, 15) is 14.7 Å². The fourth-order valence-corrected chi connectivity index (χ4v) is 3.22. The molecule has 3 aromatic rings. The van der Waals surface area contributed by atoms with Gasteiger partial charge in [-0.2, -0.15) is 5.10 Å². The van der Waals surface area contributed by atoms with E-state index in [1.165, 1.54) is 6.20 Å². The Kier molecular flexibility index (Phi) is 2.99. The lowest BCUT2D eigenvalue weighted by Gasteiger charge is -2.12. The lowest BCUT2D eigenvalue weighted by Crippen LogP contribution is -2.13. The van der Waals surface area contributed by atoms with E-state index in [0.717, 1.165) is 6.42 Å². The van der Waals surface area contributed by atoms with Gasteiger partial charge in [0.15, 0.2) is 0 Å². The molecule has 0 saturated carbocycles. The number of hydrogen-bond donors (Lipinski definition) is 2. The van der Waals surface area contributed by atoms with Crippen molar-refractivity contribution in [3.63, 3.8) is 0 Å². The zero-order chi connectivity index (χ0) is 16.1. The average Bonchev–Trinajstić information content (AvgIpc) is 3.15. The van der Waals surface area contributed by atoms with Gasteiger partial charge in [-0.1, -0.05) is 0 Å². The number of ether oxygens (including phenoxy) is 1. The Balaban J connectivity index is 2.12. The molecule has 7 nitrogen and oxygen atoms in total. The first kappa shape index (κ1) is 14.0. The number of carboxylic acids is 1. The summed E-state index contributed by atoms with van der Waals surface area (Å²) in [5.74, 6) is -0.987. The molecule has 1 unspecified atom stereocenters. The molecule has 0 amide bonds. The fraction of sp³-hybridized carbons (Fsp3) is 0.312. The first-order valence-electron chi connectivity index (χ1n) is 7.41. The SMILES string of the molecule is Cc1cc2[nH]c(=O)c3cnn(C4CCOC4)c3c2cc1C(=O)O. The molecule has 1 atom stereocenters. The van der Waals surface area contributed by atoms with Gasteiger partial charge in [-0.3, -0.25) is 9.48 Å². The maximum atomic E-state index is 12.3. The van der Waals surface area contributed by atoms with Crippen LogP contribution in [-0.4, -0.2) is 39.1 Å². The first-order chi connectivity index (χ1) is 11.1. The molecule has 2 N–H and O–H groups in total. The number of pyridine rings is 1. The third-order valence-corrected chi connectivity index (χ3v) is 4.39. The summed E-state index contributed by atoms with van der Waals surface area (Å²) in [7, 11) is 0. The van der Waals surface area contributed by atoms with Crippen molar-refractivity contribution in [2.75, 3.05) is 13.2 Å². The van der Waals surface area contributed by atoms with E-state index >= 15 is 0 Å². The van der Waals surface area contributed by atoms with Crippen LogP contribution in [0, 0.1) is 6.92 Å². The molecule has 0 spiro atoms. The molecule has 0 aliphatic carbocycles. The summed E-state index contributed by atoms with van der Waals surface area (Å²) < 4.78 is 7.20. The highest BCUT2D eigenvalue weighted by molar-refractivity contribution is 6.06. The molecule has 7 heteroatoms. The van der Waals surface area contributed by atoms with Crippen LogP contribution in [0.3, 0.4) is 0 Å². The number of aryl methyl sites for hydroxylation is 1. The van der Waals surface area contributed by atoms with Crippen molar-refractivity contribution in [3.8, 4) is 0 Å². The van der Waals surface area contributed by atoms with Crippen molar-refractivity contribution >= 4 is 27.8 Å². The Hall–Kier alpha value is -2.67. The second-order valence-corrected chi connectivity index (χ2v) is 5.84. The van der Waals surface area contributed by atoms with Gasteiger partial charge in [0.05, 0.1) is 40.8 Å². The second kappa shape index (κ2) is 4.92. The van der Waals surface area contributed by atoms with Gasteiger partial charge in [-0.05, 0) is 31.0 Å². The van der Waals surface area contributed by atoms with E-state index in [-0.39, 0.29) is 17.2 Å². The Labute approximate surface area is 130 Å². The number of benzene rings is 1. The van der Waals surface area contributed by atoms with Crippen LogP contribution in [0.15, 0.2) is 23.1 Å². The molecule has 0 radical (unpaired) electrons. The summed E-state index contributed by atoms with van der Waals surface area (Å²) in [5.41, 5.74) is 1.89. The van der Waals surface area contributed by atoms with Gasteiger partial charge in [0.25, 0.3) is 5.56 Å². The highest BCUT2D eigenvalue weighted by Crippen LogP contribution is 2.29. The van der Waals surface area contributed by atoms with Gasteiger partial charge in [0.2, 0.25) is 0 Å². The number of nitrogens with zero attached hydrogens (tertiary/aromatic N) is 2. The van der Waals surface area contributed by atoms with E-state index in [1.807, 2.05) is 0 Å². The van der Waals surface area contributed by atoms with Crippen LogP contribution in [0.5, 0.6) is 0 Å². The lowest BCUT2D eigenvalue weighted by atomic mass is 10.0. The Morgan fingerprint density at radius 2 is 2.26 bits per heavy atom. The van der Waals surface area contributed by atoms with Crippen molar-refractivity contribution in [2.45, 2.75) is 19.4 Å². The first-order valence-corrected chi connectivity index (χ1v) is 7.41. The highest BCUT2D eigenvalue weighted by Gasteiger charge is 2.23. The molecular formula is C16H15N3O4. The number of nitrogens with one attached hydrogen (secondary N) is 1. The Bertz CT molecular complexity index is 996. The molecule has 23 heavy (non-hydrogen) atoms. The summed E-state index contributed by atoms with van der Waals surface area (Å²) in [6, 6.07) is 3.37. The number of carbonyl (C=O) groups is 1. The maximum absolute atomic E-state index is 12.3. The third-order valence-electron chi connectivity index (χ3n) is 4.39. The number of aromatic nitrogens is 3. The van der Waals surface area contributed by atoms with Gasteiger partial charge in [-0.15, -0.1) is 0 Å².